The third-order valence-corrected chi connectivity index (χ3v) is 9.76. The molecule has 0 N–H and O–H groups in total. The highest BCUT2D eigenvalue weighted by Gasteiger charge is 2.19. The molecule has 3 nitrogen and oxygen atoms in total. The van der Waals surface area contributed by atoms with Crippen LogP contribution >= 0.6 is 0 Å². The highest BCUT2D eigenvalue weighted by atomic mass is 16.3. The summed E-state index contributed by atoms with van der Waals surface area (Å²) in [6, 6.07) is 64.9. The van der Waals surface area contributed by atoms with Gasteiger partial charge in [-0.2, -0.15) is 0 Å². The number of aromatic nitrogens is 1. The Morgan fingerprint density at radius 3 is 1.80 bits per heavy atom. The smallest absolute Gasteiger partial charge is 0.137 e. The maximum absolute atomic E-state index is 6.55. The predicted molar refractivity (Wildman–Crippen MR) is 206 cm³/mol. The number of para-hydroxylation sites is 2. The molecule has 0 fully saturated rings. The molecule has 49 heavy (non-hydrogen) atoms. The molecule has 0 aliphatic heterocycles. The fraction of sp³-hybridized carbons (Fsp3) is 0. The summed E-state index contributed by atoms with van der Waals surface area (Å²) >= 11 is 0. The normalized spacial score (nSPS) is 11.7. The molecule has 0 atom stereocenters. The van der Waals surface area contributed by atoms with Crippen molar-refractivity contribution in [2.45, 2.75) is 0 Å². The maximum atomic E-state index is 6.55. The molecule has 2 aromatic heterocycles. The lowest BCUT2D eigenvalue weighted by Crippen LogP contribution is -2.10. The largest absolute Gasteiger partial charge is 0.456 e. The Morgan fingerprint density at radius 1 is 0.388 bits per heavy atom. The predicted octanol–water partition coefficient (Wildman–Crippen LogP) is 13.0. The number of rotatable bonds is 5. The first-order chi connectivity index (χ1) is 24.3. The van der Waals surface area contributed by atoms with Crippen molar-refractivity contribution in [1.29, 1.82) is 0 Å². The van der Waals surface area contributed by atoms with Crippen LogP contribution in [0.4, 0.5) is 17.1 Å². The van der Waals surface area contributed by atoms with Gasteiger partial charge in [0.1, 0.15) is 11.2 Å². The Balaban J connectivity index is 1.09. The van der Waals surface area contributed by atoms with Crippen molar-refractivity contribution in [2.24, 2.45) is 0 Å². The van der Waals surface area contributed by atoms with Gasteiger partial charge in [-0.1, -0.05) is 103 Å². The van der Waals surface area contributed by atoms with Crippen molar-refractivity contribution in [2.75, 3.05) is 4.90 Å². The molecule has 230 valence electrons. The third kappa shape index (κ3) is 4.44. The van der Waals surface area contributed by atoms with Gasteiger partial charge in [0.25, 0.3) is 0 Å². The van der Waals surface area contributed by atoms with E-state index in [1.54, 1.807) is 0 Å². The summed E-state index contributed by atoms with van der Waals surface area (Å²) in [5.74, 6) is 0. The minimum absolute atomic E-state index is 0.887. The van der Waals surface area contributed by atoms with Crippen LogP contribution in [0.3, 0.4) is 0 Å². The van der Waals surface area contributed by atoms with E-state index >= 15 is 0 Å². The van der Waals surface area contributed by atoms with Crippen molar-refractivity contribution in [1.82, 2.24) is 4.57 Å². The molecule has 0 amide bonds. The minimum Gasteiger partial charge on any atom is -0.456 e. The van der Waals surface area contributed by atoms with Crippen molar-refractivity contribution in [3.05, 3.63) is 182 Å². The van der Waals surface area contributed by atoms with Gasteiger partial charge in [0, 0.05) is 33.5 Å². The maximum Gasteiger partial charge on any atom is 0.137 e. The summed E-state index contributed by atoms with van der Waals surface area (Å²) in [6.07, 6.45) is 0. The summed E-state index contributed by atoms with van der Waals surface area (Å²) in [7, 11) is 0. The van der Waals surface area contributed by atoms with Crippen molar-refractivity contribution >= 4 is 71.6 Å². The second-order valence-corrected chi connectivity index (χ2v) is 12.6. The third-order valence-electron chi connectivity index (χ3n) is 9.76. The second-order valence-electron chi connectivity index (χ2n) is 12.6. The van der Waals surface area contributed by atoms with E-state index in [9.17, 15) is 0 Å². The van der Waals surface area contributed by atoms with Gasteiger partial charge < -0.3 is 13.9 Å². The van der Waals surface area contributed by atoms with Gasteiger partial charge in [0.05, 0.1) is 16.4 Å². The number of anilines is 3. The highest BCUT2D eigenvalue weighted by molar-refractivity contribution is 6.26. The summed E-state index contributed by atoms with van der Waals surface area (Å²) in [5, 5.41) is 7.18. The summed E-state index contributed by atoms with van der Waals surface area (Å²) in [5.41, 5.74) is 10.9. The number of nitrogens with zero attached hydrogens (tertiary/aromatic N) is 2. The van der Waals surface area contributed by atoms with Crippen LogP contribution in [0.2, 0.25) is 0 Å². The first-order valence-corrected chi connectivity index (χ1v) is 16.7. The zero-order valence-electron chi connectivity index (χ0n) is 26.6. The molecule has 0 aliphatic rings. The van der Waals surface area contributed by atoms with Gasteiger partial charge >= 0.3 is 0 Å². The van der Waals surface area contributed by atoms with Gasteiger partial charge in [-0.3, -0.25) is 0 Å². The van der Waals surface area contributed by atoms with Gasteiger partial charge in [-0.25, -0.2) is 0 Å². The fourth-order valence-corrected chi connectivity index (χ4v) is 7.51. The molecule has 0 bridgehead atoms. The zero-order chi connectivity index (χ0) is 32.3. The van der Waals surface area contributed by atoms with Crippen LogP contribution < -0.4 is 4.90 Å². The standard InChI is InChI=1S/C46H30N2O/c1-2-12-35(13-3-1)47(36-24-22-32(23-25-36)34-21-20-31-10-4-5-11-33(31)30-34)37-26-28-38(29-27-37)48-41-16-8-15-40-39-14-6-7-18-43(39)49-44-19-9-17-42(48)46(44)45(40)41/h1-30H. The number of benzene rings is 8. The minimum atomic E-state index is 0.887. The number of hydrogen-bond donors (Lipinski definition) is 0. The lowest BCUT2D eigenvalue weighted by Gasteiger charge is -2.26. The van der Waals surface area contributed by atoms with E-state index in [-0.39, 0.29) is 0 Å². The monoisotopic (exact) mass is 626 g/mol. The van der Waals surface area contributed by atoms with Gasteiger partial charge in [0.2, 0.25) is 0 Å². The van der Waals surface area contributed by atoms with Crippen LogP contribution in [0.15, 0.2) is 186 Å². The second kappa shape index (κ2) is 11.0. The van der Waals surface area contributed by atoms with Crippen molar-refractivity contribution in [3.8, 4) is 16.8 Å². The van der Waals surface area contributed by atoms with Gasteiger partial charge in [-0.15, -0.1) is 0 Å². The van der Waals surface area contributed by atoms with Crippen molar-refractivity contribution in [3.63, 3.8) is 0 Å². The Labute approximate surface area is 283 Å². The molecule has 0 radical (unpaired) electrons. The quantitative estimate of drug-likeness (QED) is 0.190. The van der Waals surface area contributed by atoms with Crippen LogP contribution in [-0.4, -0.2) is 4.57 Å². The fourth-order valence-electron chi connectivity index (χ4n) is 7.51. The van der Waals surface area contributed by atoms with Crippen LogP contribution in [0.5, 0.6) is 0 Å². The van der Waals surface area contributed by atoms with Crippen LogP contribution in [-0.2, 0) is 0 Å². The topological polar surface area (TPSA) is 21.3 Å². The van der Waals surface area contributed by atoms with Crippen LogP contribution in [0, 0.1) is 0 Å². The number of hydrogen-bond acceptors (Lipinski definition) is 2. The highest BCUT2D eigenvalue weighted by Crippen LogP contribution is 2.42. The Hall–Kier alpha value is -6.58. The van der Waals surface area contributed by atoms with E-state index in [0.717, 1.165) is 55.7 Å². The Bertz CT molecular complexity index is 2810. The molecule has 10 aromatic rings. The average Bonchev–Trinajstić information content (AvgIpc) is 3.43. The average molecular weight is 627 g/mol. The van der Waals surface area contributed by atoms with Crippen molar-refractivity contribution < 1.29 is 4.42 Å². The molecule has 0 saturated carbocycles. The molecule has 0 spiro atoms. The molecular formula is C46H30N2O. The van der Waals surface area contributed by atoms with Crippen LogP contribution in [0.1, 0.15) is 0 Å². The van der Waals surface area contributed by atoms with Crippen LogP contribution in [0.25, 0.3) is 71.3 Å². The summed E-state index contributed by atoms with van der Waals surface area (Å²) in [6.45, 7) is 0. The molecule has 0 saturated heterocycles. The summed E-state index contributed by atoms with van der Waals surface area (Å²) in [4.78, 5) is 2.32. The molecule has 2 heterocycles. The van der Waals surface area contributed by atoms with E-state index in [2.05, 4.69) is 185 Å². The van der Waals surface area contributed by atoms with Gasteiger partial charge in [0.15, 0.2) is 0 Å². The molecule has 3 heteroatoms. The van der Waals surface area contributed by atoms with Gasteiger partial charge in [-0.05, 0) is 106 Å². The Morgan fingerprint density at radius 2 is 0.980 bits per heavy atom. The lowest BCUT2D eigenvalue weighted by atomic mass is 10.0. The van der Waals surface area contributed by atoms with E-state index in [0.29, 0.717) is 0 Å². The van der Waals surface area contributed by atoms with E-state index < -0.39 is 0 Å². The van der Waals surface area contributed by atoms with E-state index in [1.165, 1.54) is 32.7 Å². The molecule has 10 rings (SSSR count). The van der Waals surface area contributed by atoms with E-state index in [1.807, 2.05) is 6.07 Å². The molecule has 8 aromatic carbocycles. The first-order valence-electron chi connectivity index (χ1n) is 16.7. The molecular weight excluding hydrogens is 597 g/mol. The van der Waals surface area contributed by atoms with E-state index in [4.69, 9.17) is 4.42 Å². The molecule has 0 aliphatic carbocycles. The molecule has 0 unspecified atom stereocenters. The summed E-state index contributed by atoms with van der Waals surface area (Å²) < 4.78 is 8.92. The first kappa shape index (κ1) is 27.5. The Kier molecular flexibility index (Phi) is 6.18. The number of fused-ring (bicyclic) bond motifs is 3. The zero-order valence-corrected chi connectivity index (χ0v) is 26.6. The SMILES string of the molecule is c1ccc(N(c2ccc(-c3ccc4ccccc4c3)cc2)c2ccc(-n3c4cccc5oc6ccccc6c6cccc3c6c54)cc2)cc1. The lowest BCUT2D eigenvalue weighted by molar-refractivity contribution is 0.664.